The zero-order valence-electron chi connectivity index (χ0n) is 14.0. The van der Waals surface area contributed by atoms with Gasteiger partial charge in [0.25, 0.3) is 5.91 Å². The minimum absolute atomic E-state index is 0.0374. The highest BCUT2D eigenvalue weighted by atomic mass is 32.1. The first kappa shape index (κ1) is 18.9. The molecule has 1 rings (SSSR count). The average molecular weight is 337 g/mol. The van der Waals surface area contributed by atoms with Crippen molar-refractivity contribution in [3.8, 4) is 5.75 Å². The third kappa shape index (κ3) is 6.23. The van der Waals surface area contributed by atoms with Gasteiger partial charge in [-0.25, -0.2) is 0 Å². The van der Waals surface area contributed by atoms with Crippen molar-refractivity contribution < 1.29 is 14.3 Å². The van der Waals surface area contributed by atoms with E-state index in [4.69, 9.17) is 17.0 Å². The Labute approximate surface area is 141 Å². The quantitative estimate of drug-likeness (QED) is 0.576. The van der Waals surface area contributed by atoms with Crippen LogP contribution >= 0.6 is 12.2 Å². The van der Waals surface area contributed by atoms with Crippen LogP contribution in [-0.4, -0.2) is 23.0 Å². The molecule has 0 saturated carbocycles. The SMILES string of the molecule is Cc1ccc(OC(C)C(=O)NNC(=S)NC(=O)C(C)C)cc1C. The molecule has 6 nitrogen and oxygen atoms in total. The average Bonchev–Trinajstić information content (AvgIpc) is 2.48. The molecule has 0 saturated heterocycles. The molecule has 0 aliphatic heterocycles. The zero-order chi connectivity index (χ0) is 17.6. The summed E-state index contributed by atoms with van der Waals surface area (Å²) in [5.74, 6) is -0.204. The number of amides is 2. The Kier molecular flexibility index (Phi) is 6.96. The third-order valence-corrected chi connectivity index (χ3v) is 3.42. The van der Waals surface area contributed by atoms with E-state index in [1.807, 2.05) is 32.0 Å². The molecule has 0 heterocycles. The van der Waals surface area contributed by atoms with Gasteiger partial charge in [-0.1, -0.05) is 19.9 Å². The molecule has 0 spiro atoms. The first-order valence-corrected chi connectivity index (χ1v) is 7.76. The van der Waals surface area contributed by atoms with Crippen molar-refractivity contribution in [2.24, 2.45) is 5.92 Å². The minimum Gasteiger partial charge on any atom is -0.481 e. The summed E-state index contributed by atoms with van der Waals surface area (Å²) >= 11 is 4.92. The fourth-order valence-electron chi connectivity index (χ4n) is 1.55. The topological polar surface area (TPSA) is 79.5 Å². The van der Waals surface area contributed by atoms with Gasteiger partial charge in [0.15, 0.2) is 11.2 Å². The summed E-state index contributed by atoms with van der Waals surface area (Å²) in [6.07, 6.45) is -0.715. The number of hydrazine groups is 1. The van der Waals surface area contributed by atoms with Crippen LogP contribution in [0.1, 0.15) is 31.9 Å². The fourth-order valence-corrected chi connectivity index (χ4v) is 1.70. The van der Waals surface area contributed by atoms with E-state index in [1.165, 1.54) is 0 Å². The van der Waals surface area contributed by atoms with Crippen LogP contribution < -0.4 is 20.9 Å². The standard InChI is InChI=1S/C16H23N3O3S/c1-9(2)14(20)17-16(23)19-18-15(21)12(5)22-13-7-6-10(3)11(4)8-13/h6-9,12H,1-5H3,(H,18,21)(H2,17,19,20,23). The number of nitrogens with one attached hydrogen (secondary N) is 3. The Balaban J connectivity index is 2.46. The van der Waals surface area contributed by atoms with Gasteiger partial charge in [0.05, 0.1) is 0 Å². The Morgan fingerprint density at radius 1 is 1.04 bits per heavy atom. The predicted molar refractivity (Wildman–Crippen MR) is 92.9 cm³/mol. The molecule has 0 bridgehead atoms. The smallest absolute Gasteiger partial charge is 0.279 e. The number of hydrogen-bond acceptors (Lipinski definition) is 4. The van der Waals surface area contributed by atoms with Gasteiger partial charge in [0, 0.05) is 5.92 Å². The van der Waals surface area contributed by atoms with Crippen LogP contribution in [0.25, 0.3) is 0 Å². The summed E-state index contributed by atoms with van der Waals surface area (Å²) in [6, 6.07) is 5.62. The number of aryl methyl sites for hydroxylation is 2. The van der Waals surface area contributed by atoms with Crippen molar-refractivity contribution in [1.29, 1.82) is 0 Å². The molecule has 0 aliphatic carbocycles. The molecule has 1 aromatic carbocycles. The lowest BCUT2D eigenvalue weighted by atomic mass is 10.1. The van der Waals surface area contributed by atoms with Gasteiger partial charge in [-0.15, -0.1) is 0 Å². The van der Waals surface area contributed by atoms with E-state index in [-0.39, 0.29) is 16.9 Å². The van der Waals surface area contributed by atoms with Crippen LogP contribution in [0.2, 0.25) is 0 Å². The molecule has 1 atom stereocenters. The van der Waals surface area contributed by atoms with Crippen LogP contribution in [0.4, 0.5) is 0 Å². The molecule has 0 radical (unpaired) electrons. The molecule has 1 aromatic rings. The number of carbonyl (C=O) groups is 2. The highest BCUT2D eigenvalue weighted by Crippen LogP contribution is 2.17. The summed E-state index contributed by atoms with van der Waals surface area (Å²) in [5, 5.41) is 2.50. The molecule has 7 heteroatoms. The Morgan fingerprint density at radius 3 is 2.26 bits per heavy atom. The number of thiocarbonyl (C=S) groups is 1. The van der Waals surface area contributed by atoms with Crippen LogP contribution in [0.3, 0.4) is 0 Å². The van der Waals surface area contributed by atoms with E-state index < -0.39 is 12.0 Å². The minimum atomic E-state index is -0.715. The normalized spacial score (nSPS) is 11.6. The molecule has 23 heavy (non-hydrogen) atoms. The van der Waals surface area contributed by atoms with Gasteiger partial charge in [-0.2, -0.15) is 0 Å². The van der Waals surface area contributed by atoms with E-state index in [0.717, 1.165) is 11.1 Å². The number of carbonyl (C=O) groups excluding carboxylic acids is 2. The molecule has 0 aromatic heterocycles. The van der Waals surface area contributed by atoms with Gasteiger partial charge >= 0.3 is 0 Å². The third-order valence-electron chi connectivity index (χ3n) is 3.22. The lowest BCUT2D eigenvalue weighted by molar-refractivity contribution is -0.128. The molecule has 1 unspecified atom stereocenters. The maximum absolute atomic E-state index is 12.0. The molecule has 0 aliphatic rings. The summed E-state index contributed by atoms with van der Waals surface area (Å²) < 4.78 is 5.58. The van der Waals surface area contributed by atoms with E-state index in [2.05, 4.69) is 16.2 Å². The van der Waals surface area contributed by atoms with Crippen LogP contribution in [0, 0.1) is 19.8 Å². The molecule has 126 valence electrons. The van der Waals surface area contributed by atoms with Gasteiger partial charge in [-0.05, 0) is 56.2 Å². The number of rotatable bonds is 4. The largest absolute Gasteiger partial charge is 0.481 e. The van der Waals surface area contributed by atoms with Crippen molar-refractivity contribution in [3.05, 3.63) is 29.3 Å². The van der Waals surface area contributed by atoms with Crippen molar-refractivity contribution in [3.63, 3.8) is 0 Å². The summed E-state index contributed by atoms with van der Waals surface area (Å²) in [7, 11) is 0. The monoisotopic (exact) mass is 337 g/mol. The number of hydrogen-bond donors (Lipinski definition) is 3. The highest BCUT2D eigenvalue weighted by molar-refractivity contribution is 7.80. The number of ether oxygens (including phenoxy) is 1. The van der Waals surface area contributed by atoms with E-state index >= 15 is 0 Å². The summed E-state index contributed by atoms with van der Waals surface area (Å²) in [5.41, 5.74) is 7.12. The molecule has 2 amide bonds. The van der Waals surface area contributed by atoms with Crippen molar-refractivity contribution in [2.75, 3.05) is 0 Å². The second-order valence-corrected chi connectivity index (χ2v) is 6.00. The molecule has 3 N–H and O–H groups in total. The van der Waals surface area contributed by atoms with E-state index in [1.54, 1.807) is 20.8 Å². The summed E-state index contributed by atoms with van der Waals surface area (Å²) in [6.45, 7) is 9.10. The highest BCUT2D eigenvalue weighted by Gasteiger charge is 2.16. The van der Waals surface area contributed by atoms with E-state index in [0.29, 0.717) is 5.75 Å². The Bertz CT molecular complexity index is 602. The van der Waals surface area contributed by atoms with Crippen molar-refractivity contribution >= 4 is 29.1 Å². The Hall–Kier alpha value is -2.15. The first-order valence-electron chi connectivity index (χ1n) is 7.35. The van der Waals surface area contributed by atoms with Crippen LogP contribution in [0.5, 0.6) is 5.75 Å². The lowest BCUT2D eigenvalue weighted by Gasteiger charge is -2.17. The zero-order valence-corrected chi connectivity index (χ0v) is 14.8. The van der Waals surface area contributed by atoms with Crippen molar-refractivity contribution in [2.45, 2.75) is 40.7 Å². The predicted octanol–water partition coefficient (Wildman–Crippen LogP) is 1.75. The second kappa shape index (κ2) is 8.47. The van der Waals surface area contributed by atoms with Gasteiger partial charge in [0.1, 0.15) is 5.75 Å². The second-order valence-electron chi connectivity index (χ2n) is 5.59. The molecule has 0 fully saturated rings. The van der Waals surface area contributed by atoms with Gasteiger partial charge < -0.3 is 10.1 Å². The molecular weight excluding hydrogens is 314 g/mol. The van der Waals surface area contributed by atoms with Crippen LogP contribution in [-0.2, 0) is 9.59 Å². The fraction of sp³-hybridized carbons (Fsp3) is 0.438. The number of benzene rings is 1. The van der Waals surface area contributed by atoms with Gasteiger partial charge in [0.2, 0.25) is 5.91 Å². The molecular formula is C16H23N3O3S. The van der Waals surface area contributed by atoms with E-state index in [9.17, 15) is 9.59 Å². The first-order chi connectivity index (χ1) is 10.7. The van der Waals surface area contributed by atoms with Gasteiger partial charge in [-0.3, -0.25) is 20.4 Å². The maximum atomic E-state index is 12.0. The maximum Gasteiger partial charge on any atom is 0.279 e. The van der Waals surface area contributed by atoms with Crippen molar-refractivity contribution in [1.82, 2.24) is 16.2 Å². The Morgan fingerprint density at radius 2 is 1.70 bits per heavy atom. The lowest BCUT2D eigenvalue weighted by Crippen LogP contribution is -2.52. The van der Waals surface area contributed by atoms with Crippen LogP contribution in [0.15, 0.2) is 18.2 Å². The summed E-state index contributed by atoms with van der Waals surface area (Å²) in [4.78, 5) is 23.4.